The summed E-state index contributed by atoms with van der Waals surface area (Å²) in [7, 11) is 0. The molecule has 0 radical (unpaired) electrons. The molecule has 0 aliphatic carbocycles. The summed E-state index contributed by atoms with van der Waals surface area (Å²) in [5, 5.41) is 0. The first-order valence-electron chi connectivity index (χ1n) is 5.91. The minimum Gasteiger partial charge on any atom is -0.462 e. The fourth-order valence-corrected chi connectivity index (χ4v) is 1.45. The van der Waals surface area contributed by atoms with E-state index in [0.717, 1.165) is 12.8 Å². The van der Waals surface area contributed by atoms with Crippen LogP contribution in [0.3, 0.4) is 0 Å². The summed E-state index contributed by atoms with van der Waals surface area (Å²) >= 11 is 0. The highest BCUT2D eigenvalue weighted by Gasteiger charge is 2.16. The number of esters is 1. The molecule has 0 N–H and O–H groups in total. The molecule has 0 aromatic rings. The van der Waals surface area contributed by atoms with E-state index in [1.165, 1.54) is 0 Å². The predicted octanol–water partition coefficient (Wildman–Crippen LogP) is 3.57. The van der Waals surface area contributed by atoms with E-state index in [-0.39, 0.29) is 5.97 Å². The van der Waals surface area contributed by atoms with Crippen LogP contribution >= 0.6 is 0 Å². The first-order chi connectivity index (χ1) is 7.06. The average molecular weight is 212 g/mol. The maximum absolute atomic E-state index is 11.4. The van der Waals surface area contributed by atoms with Crippen molar-refractivity contribution in [3.63, 3.8) is 0 Å². The molecular weight excluding hydrogens is 188 g/mol. The van der Waals surface area contributed by atoms with Gasteiger partial charge in [-0.1, -0.05) is 40.7 Å². The van der Waals surface area contributed by atoms with E-state index in [2.05, 4.69) is 27.4 Å². The van der Waals surface area contributed by atoms with Gasteiger partial charge in [0.05, 0.1) is 6.61 Å². The van der Waals surface area contributed by atoms with Crippen molar-refractivity contribution >= 4 is 5.97 Å². The quantitative estimate of drug-likeness (QED) is 0.476. The maximum Gasteiger partial charge on any atom is 0.333 e. The van der Waals surface area contributed by atoms with Crippen molar-refractivity contribution in [1.82, 2.24) is 0 Å². The first-order valence-corrected chi connectivity index (χ1v) is 5.91. The molecule has 0 aromatic heterocycles. The van der Waals surface area contributed by atoms with Gasteiger partial charge >= 0.3 is 5.97 Å². The van der Waals surface area contributed by atoms with Crippen LogP contribution in [0.2, 0.25) is 0 Å². The summed E-state index contributed by atoms with van der Waals surface area (Å²) in [5.41, 5.74) is 0.564. The van der Waals surface area contributed by atoms with E-state index >= 15 is 0 Å². The van der Waals surface area contributed by atoms with Crippen molar-refractivity contribution < 1.29 is 9.53 Å². The van der Waals surface area contributed by atoms with Crippen molar-refractivity contribution in [2.24, 2.45) is 11.8 Å². The van der Waals surface area contributed by atoms with E-state index in [9.17, 15) is 4.79 Å². The summed E-state index contributed by atoms with van der Waals surface area (Å²) in [6.45, 7) is 12.6. The molecule has 2 heteroatoms. The van der Waals surface area contributed by atoms with E-state index < -0.39 is 0 Å². The first kappa shape index (κ1) is 14.2. The molecule has 0 aromatic carbocycles. The Kier molecular flexibility index (Phi) is 7.10. The molecule has 2 nitrogen and oxygen atoms in total. The van der Waals surface area contributed by atoms with Crippen LogP contribution in [0.5, 0.6) is 0 Å². The van der Waals surface area contributed by atoms with Gasteiger partial charge in [0.15, 0.2) is 0 Å². The van der Waals surface area contributed by atoms with Crippen molar-refractivity contribution in [2.45, 2.75) is 47.0 Å². The Balaban J connectivity index is 4.00. The predicted molar refractivity (Wildman–Crippen MR) is 63.6 cm³/mol. The highest BCUT2D eigenvalue weighted by atomic mass is 16.5. The van der Waals surface area contributed by atoms with Gasteiger partial charge in [-0.2, -0.15) is 0 Å². The summed E-state index contributed by atoms with van der Waals surface area (Å²) in [6, 6.07) is 0. The van der Waals surface area contributed by atoms with Crippen LogP contribution < -0.4 is 0 Å². The molecule has 0 heterocycles. The van der Waals surface area contributed by atoms with Gasteiger partial charge in [0.25, 0.3) is 0 Å². The minimum absolute atomic E-state index is 0.237. The number of hydrogen-bond donors (Lipinski definition) is 0. The van der Waals surface area contributed by atoms with E-state index in [1.54, 1.807) is 0 Å². The number of rotatable bonds is 7. The maximum atomic E-state index is 11.4. The van der Waals surface area contributed by atoms with Crippen LogP contribution in [0.4, 0.5) is 0 Å². The third-order valence-corrected chi connectivity index (χ3v) is 3.12. The smallest absolute Gasteiger partial charge is 0.333 e. The third kappa shape index (κ3) is 5.01. The van der Waals surface area contributed by atoms with Crippen LogP contribution in [-0.2, 0) is 9.53 Å². The number of carbonyl (C=O) groups excluding carboxylic acids is 1. The molecule has 0 aliphatic rings. The zero-order valence-corrected chi connectivity index (χ0v) is 10.5. The minimum atomic E-state index is -0.237. The van der Waals surface area contributed by atoms with Crippen molar-refractivity contribution in [2.75, 3.05) is 6.61 Å². The molecule has 0 bridgehead atoms. The zero-order chi connectivity index (χ0) is 11.8. The van der Waals surface area contributed by atoms with E-state index in [0.29, 0.717) is 30.4 Å². The SMILES string of the molecule is C=C(CC)C(=O)OCC(CC)C(C)CC. The van der Waals surface area contributed by atoms with Gasteiger partial charge < -0.3 is 4.74 Å². The topological polar surface area (TPSA) is 26.3 Å². The lowest BCUT2D eigenvalue weighted by Crippen LogP contribution is -2.20. The third-order valence-electron chi connectivity index (χ3n) is 3.12. The highest BCUT2D eigenvalue weighted by Crippen LogP contribution is 2.19. The van der Waals surface area contributed by atoms with Gasteiger partial charge in [-0.15, -0.1) is 0 Å². The Morgan fingerprint density at radius 3 is 2.27 bits per heavy atom. The summed E-state index contributed by atoms with van der Waals surface area (Å²) in [6.07, 6.45) is 2.85. The molecule has 88 valence electrons. The molecule has 15 heavy (non-hydrogen) atoms. The van der Waals surface area contributed by atoms with Gasteiger partial charge in [-0.3, -0.25) is 0 Å². The van der Waals surface area contributed by atoms with Gasteiger partial charge in [0, 0.05) is 5.57 Å². The Labute approximate surface area is 93.7 Å². The second-order valence-corrected chi connectivity index (χ2v) is 4.11. The zero-order valence-electron chi connectivity index (χ0n) is 10.5. The fraction of sp³-hybridized carbons (Fsp3) is 0.769. The number of hydrogen-bond acceptors (Lipinski definition) is 2. The van der Waals surface area contributed by atoms with E-state index in [1.807, 2.05) is 6.92 Å². The second kappa shape index (κ2) is 7.49. The van der Waals surface area contributed by atoms with Crippen LogP contribution in [0.25, 0.3) is 0 Å². The molecular formula is C13H24O2. The monoisotopic (exact) mass is 212 g/mol. The molecule has 0 saturated heterocycles. The molecule has 0 aliphatic heterocycles. The van der Waals surface area contributed by atoms with Crippen molar-refractivity contribution in [3.8, 4) is 0 Å². The van der Waals surface area contributed by atoms with Crippen LogP contribution in [0.15, 0.2) is 12.2 Å². The average Bonchev–Trinajstić information content (AvgIpc) is 2.27. The number of carbonyl (C=O) groups is 1. The lowest BCUT2D eigenvalue weighted by atomic mass is 9.90. The Morgan fingerprint density at radius 1 is 1.27 bits per heavy atom. The van der Waals surface area contributed by atoms with Crippen LogP contribution in [0, 0.1) is 11.8 Å². The molecule has 0 amide bonds. The number of ether oxygens (including phenoxy) is 1. The van der Waals surface area contributed by atoms with Crippen LogP contribution in [-0.4, -0.2) is 12.6 Å². The standard InChI is InChI=1S/C13H24O2/c1-6-10(4)12(8-3)9-15-13(14)11(5)7-2/h10,12H,5-9H2,1-4H3. The Hall–Kier alpha value is -0.790. The second-order valence-electron chi connectivity index (χ2n) is 4.11. The molecule has 0 saturated carbocycles. The lowest BCUT2D eigenvalue weighted by Gasteiger charge is -2.21. The summed E-state index contributed by atoms with van der Waals surface area (Å²) in [5.74, 6) is 0.848. The van der Waals surface area contributed by atoms with Crippen molar-refractivity contribution in [1.29, 1.82) is 0 Å². The normalized spacial score (nSPS) is 14.4. The van der Waals surface area contributed by atoms with Crippen LogP contribution in [0.1, 0.15) is 47.0 Å². The molecule has 2 atom stereocenters. The molecule has 0 fully saturated rings. The van der Waals surface area contributed by atoms with Gasteiger partial charge in [-0.05, 0) is 24.7 Å². The summed E-state index contributed by atoms with van der Waals surface area (Å²) < 4.78 is 5.23. The summed E-state index contributed by atoms with van der Waals surface area (Å²) in [4.78, 5) is 11.4. The van der Waals surface area contributed by atoms with Crippen molar-refractivity contribution in [3.05, 3.63) is 12.2 Å². The van der Waals surface area contributed by atoms with Gasteiger partial charge in [-0.25, -0.2) is 4.79 Å². The highest BCUT2D eigenvalue weighted by molar-refractivity contribution is 5.87. The molecule has 0 spiro atoms. The Bertz CT molecular complexity index is 209. The molecule has 0 rings (SSSR count). The van der Waals surface area contributed by atoms with Gasteiger partial charge in [0.1, 0.15) is 0 Å². The van der Waals surface area contributed by atoms with Gasteiger partial charge in [0.2, 0.25) is 0 Å². The Morgan fingerprint density at radius 2 is 1.87 bits per heavy atom. The van der Waals surface area contributed by atoms with E-state index in [4.69, 9.17) is 4.74 Å². The largest absolute Gasteiger partial charge is 0.462 e. The molecule has 2 unspecified atom stereocenters. The lowest BCUT2D eigenvalue weighted by molar-refractivity contribution is -0.141. The fourth-order valence-electron chi connectivity index (χ4n) is 1.45.